The first-order chi connectivity index (χ1) is 13.6. The lowest BCUT2D eigenvalue weighted by Gasteiger charge is -2.34. The molecule has 0 atom stereocenters. The van der Waals surface area contributed by atoms with Gasteiger partial charge >= 0.3 is 0 Å². The minimum atomic E-state index is 0. The van der Waals surface area contributed by atoms with Crippen LogP contribution in [0.15, 0.2) is 15.6 Å². The normalized spacial score (nSPS) is 15.3. The number of halogens is 1. The Labute approximate surface area is 191 Å². The van der Waals surface area contributed by atoms with Crippen LogP contribution in [0.5, 0.6) is 0 Å². The zero-order valence-electron chi connectivity index (χ0n) is 18.2. The van der Waals surface area contributed by atoms with E-state index in [-0.39, 0.29) is 29.9 Å². The standard InChI is InChI=1S/C20H36N6O2.HI/c1-5-17(6-2)19-14-18(28-24-19)15-23-20(21-7-3)22-8-9-25-10-12-26(13-11-25)16(4)27;/h14,17H,5-13,15H2,1-4H3,(H2,21,22,23);1H. The number of aliphatic imine (C=N–C) groups is 1. The van der Waals surface area contributed by atoms with E-state index in [0.717, 1.165) is 76.1 Å². The fraction of sp³-hybridized carbons (Fsp3) is 0.750. The van der Waals surface area contributed by atoms with Gasteiger partial charge in [0.05, 0.1) is 5.69 Å². The van der Waals surface area contributed by atoms with E-state index < -0.39 is 0 Å². The number of hydrogen-bond donors (Lipinski definition) is 2. The first-order valence-corrected chi connectivity index (χ1v) is 10.5. The van der Waals surface area contributed by atoms with Crippen LogP contribution in [0.25, 0.3) is 0 Å². The second-order valence-corrected chi connectivity index (χ2v) is 7.20. The van der Waals surface area contributed by atoms with E-state index in [1.807, 2.05) is 11.0 Å². The number of rotatable bonds is 9. The second-order valence-electron chi connectivity index (χ2n) is 7.20. The number of hydrogen-bond acceptors (Lipinski definition) is 5. The van der Waals surface area contributed by atoms with E-state index in [1.165, 1.54) is 0 Å². The molecule has 0 saturated carbocycles. The highest BCUT2D eigenvalue weighted by Crippen LogP contribution is 2.22. The van der Waals surface area contributed by atoms with Crippen LogP contribution in [0.4, 0.5) is 0 Å². The predicted octanol–water partition coefficient (Wildman–Crippen LogP) is 2.42. The monoisotopic (exact) mass is 520 g/mol. The lowest BCUT2D eigenvalue weighted by atomic mass is 9.99. The predicted molar refractivity (Wildman–Crippen MR) is 127 cm³/mol. The minimum absolute atomic E-state index is 0. The third-order valence-corrected chi connectivity index (χ3v) is 5.26. The van der Waals surface area contributed by atoms with E-state index in [9.17, 15) is 4.79 Å². The first kappa shape index (κ1) is 25.7. The maximum Gasteiger partial charge on any atom is 0.219 e. The number of amides is 1. The molecule has 0 bridgehead atoms. The average Bonchev–Trinajstić information content (AvgIpc) is 3.16. The van der Waals surface area contributed by atoms with Crippen molar-refractivity contribution in [3.8, 4) is 0 Å². The fourth-order valence-corrected chi connectivity index (χ4v) is 3.42. The molecule has 2 rings (SSSR count). The van der Waals surface area contributed by atoms with Gasteiger partial charge in [0, 0.05) is 64.7 Å². The summed E-state index contributed by atoms with van der Waals surface area (Å²) in [6.45, 7) is 14.5. The Bertz CT molecular complexity index is 624. The Morgan fingerprint density at radius 2 is 1.90 bits per heavy atom. The Morgan fingerprint density at radius 1 is 1.21 bits per heavy atom. The van der Waals surface area contributed by atoms with Crippen molar-refractivity contribution in [3.63, 3.8) is 0 Å². The van der Waals surface area contributed by atoms with Crippen LogP contribution in [0.1, 0.15) is 57.9 Å². The van der Waals surface area contributed by atoms with Gasteiger partial charge < -0.3 is 20.1 Å². The Kier molecular flexibility index (Phi) is 12.2. The molecule has 1 aliphatic heterocycles. The molecule has 2 heterocycles. The van der Waals surface area contributed by atoms with Crippen molar-refractivity contribution in [2.75, 3.05) is 45.8 Å². The summed E-state index contributed by atoms with van der Waals surface area (Å²) in [5, 5.41) is 10.9. The molecule has 2 N–H and O–H groups in total. The van der Waals surface area contributed by atoms with Crippen LogP contribution >= 0.6 is 24.0 Å². The Hall–Kier alpha value is -1.36. The van der Waals surface area contributed by atoms with Crippen molar-refractivity contribution in [2.45, 2.75) is 53.0 Å². The lowest BCUT2D eigenvalue weighted by molar-refractivity contribution is -0.130. The molecule has 0 radical (unpaired) electrons. The van der Waals surface area contributed by atoms with Gasteiger partial charge in [-0.1, -0.05) is 19.0 Å². The third-order valence-electron chi connectivity index (χ3n) is 5.26. The molecule has 1 amide bonds. The van der Waals surface area contributed by atoms with Crippen LogP contribution in [-0.4, -0.2) is 72.6 Å². The number of nitrogens with one attached hydrogen (secondary N) is 2. The molecule has 9 heteroatoms. The molecule has 166 valence electrons. The molecule has 8 nitrogen and oxygen atoms in total. The van der Waals surface area contributed by atoms with E-state index in [4.69, 9.17) is 4.52 Å². The molecule has 1 aliphatic rings. The summed E-state index contributed by atoms with van der Waals surface area (Å²) in [6, 6.07) is 2.03. The Balaban J connectivity index is 0.00000420. The number of guanidine groups is 1. The van der Waals surface area contributed by atoms with Gasteiger partial charge in [-0.25, -0.2) is 4.99 Å². The summed E-state index contributed by atoms with van der Waals surface area (Å²) in [5.41, 5.74) is 1.03. The highest BCUT2D eigenvalue weighted by Gasteiger charge is 2.18. The summed E-state index contributed by atoms with van der Waals surface area (Å²) in [5.74, 6) is 2.19. The van der Waals surface area contributed by atoms with Crippen LogP contribution < -0.4 is 10.6 Å². The number of aromatic nitrogens is 1. The highest BCUT2D eigenvalue weighted by molar-refractivity contribution is 14.0. The topological polar surface area (TPSA) is 86.0 Å². The summed E-state index contributed by atoms with van der Waals surface area (Å²) >= 11 is 0. The van der Waals surface area contributed by atoms with E-state index in [0.29, 0.717) is 12.5 Å². The van der Waals surface area contributed by atoms with Crippen LogP contribution in [0.2, 0.25) is 0 Å². The van der Waals surface area contributed by atoms with Crippen molar-refractivity contribution in [3.05, 3.63) is 17.5 Å². The molecule has 29 heavy (non-hydrogen) atoms. The highest BCUT2D eigenvalue weighted by atomic mass is 127. The molecular formula is C20H37IN6O2. The van der Waals surface area contributed by atoms with Gasteiger partial charge in [0.25, 0.3) is 0 Å². The zero-order valence-corrected chi connectivity index (χ0v) is 20.6. The van der Waals surface area contributed by atoms with Gasteiger partial charge in [0.2, 0.25) is 5.91 Å². The van der Waals surface area contributed by atoms with Crippen molar-refractivity contribution in [1.29, 1.82) is 0 Å². The molecule has 1 saturated heterocycles. The minimum Gasteiger partial charge on any atom is -0.359 e. The van der Waals surface area contributed by atoms with Gasteiger partial charge in [-0.2, -0.15) is 0 Å². The molecule has 0 aromatic carbocycles. The Morgan fingerprint density at radius 3 is 2.48 bits per heavy atom. The van der Waals surface area contributed by atoms with Gasteiger partial charge in [0.15, 0.2) is 11.7 Å². The quantitative estimate of drug-likeness (QED) is 0.296. The van der Waals surface area contributed by atoms with Gasteiger partial charge in [-0.05, 0) is 19.8 Å². The molecule has 0 spiro atoms. The summed E-state index contributed by atoms with van der Waals surface area (Å²) in [7, 11) is 0. The second kappa shape index (κ2) is 13.8. The molecule has 1 fully saturated rings. The van der Waals surface area contributed by atoms with Crippen LogP contribution in [0, 0.1) is 0 Å². The van der Waals surface area contributed by atoms with Crippen molar-refractivity contribution in [2.24, 2.45) is 4.99 Å². The maximum atomic E-state index is 11.4. The van der Waals surface area contributed by atoms with Crippen molar-refractivity contribution in [1.82, 2.24) is 25.6 Å². The van der Waals surface area contributed by atoms with Gasteiger partial charge in [-0.15, -0.1) is 24.0 Å². The van der Waals surface area contributed by atoms with E-state index >= 15 is 0 Å². The van der Waals surface area contributed by atoms with Crippen molar-refractivity contribution < 1.29 is 9.32 Å². The van der Waals surface area contributed by atoms with Crippen LogP contribution in [-0.2, 0) is 11.3 Å². The molecule has 0 aliphatic carbocycles. The SMILES string of the molecule is CCNC(=NCc1cc(C(CC)CC)no1)NCCN1CCN(C(C)=O)CC1.I. The molecule has 1 aromatic heterocycles. The summed E-state index contributed by atoms with van der Waals surface area (Å²) < 4.78 is 5.45. The molecular weight excluding hydrogens is 483 g/mol. The zero-order chi connectivity index (χ0) is 20.4. The first-order valence-electron chi connectivity index (χ1n) is 10.5. The summed E-state index contributed by atoms with van der Waals surface area (Å²) in [4.78, 5) is 20.3. The van der Waals surface area contributed by atoms with Gasteiger partial charge in [0.1, 0.15) is 6.54 Å². The number of carbonyl (C=O) groups excluding carboxylic acids is 1. The van der Waals surface area contributed by atoms with Crippen LogP contribution in [0.3, 0.4) is 0 Å². The average molecular weight is 520 g/mol. The van der Waals surface area contributed by atoms with Gasteiger partial charge in [-0.3, -0.25) is 9.69 Å². The number of carbonyl (C=O) groups is 1. The van der Waals surface area contributed by atoms with E-state index in [1.54, 1.807) is 6.92 Å². The maximum absolute atomic E-state index is 11.4. The lowest BCUT2D eigenvalue weighted by Crippen LogP contribution is -2.50. The number of nitrogens with zero attached hydrogens (tertiary/aromatic N) is 4. The number of piperazine rings is 1. The largest absolute Gasteiger partial charge is 0.359 e. The summed E-state index contributed by atoms with van der Waals surface area (Å²) in [6.07, 6.45) is 2.13. The van der Waals surface area contributed by atoms with Crippen molar-refractivity contribution >= 4 is 35.8 Å². The smallest absolute Gasteiger partial charge is 0.219 e. The fourth-order valence-electron chi connectivity index (χ4n) is 3.42. The van der Waals surface area contributed by atoms with E-state index in [2.05, 4.69) is 46.5 Å². The molecule has 1 aromatic rings. The third kappa shape index (κ3) is 8.49. The molecule has 0 unspecified atom stereocenters.